The number of anilines is 1. The van der Waals surface area contributed by atoms with E-state index in [1.165, 1.54) is 29.7 Å². The lowest BCUT2D eigenvalue weighted by Gasteiger charge is -2.11. The Bertz CT molecular complexity index is 689. The summed E-state index contributed by atoms with van der Waals surface area (Å²) >= 11 is 1.52. The predicted molar refractivity (Wildman–Crippen MR) is 86.9 cm³/mol. The van der Waals surface area contributed by atoms with Crippen molar-refractivity contribution in [2.45, 2.75) is 38.0 Å². The van der Waals surface area contributed by atoms with Crippen LogP contribution in [0.4, 0.5) is 5.13 Å². The predicted octanol–water partition coefficient (Wildman–Crippen LogP) is 3.60. The molecule has 1 unspecified atom stereocenters. The third kappa shape index (κ3) is 2.43. The Balaban J connectivity index is 1.51. The first-order valence-electron chi connectivity index (χ1n) is 7.89. The van der Waals surface area contributed by atoms with Crippen LogP contribution in [0.5, 0.6) is 0 Å². The van der Waals surface area contributed by atoms with Crippen LogP contribution in [0.15, 0.2) is 30.3 Å². The first-order chi connectivity index (χ1) is 10.7. The molecule has 22 heavy (non-hydrogen) atoms. The van der Waals surface area contributed by atoms with Gasteiger partial charge in [-0.25, -0.2) is 0 Å². The quantitative estimate of drug-likeness (QED) is 0.917. The second kappa shape index (κ2) is 5.16. The summed E-state index contributed by atoms with van der Waals surface area (Å²) in [6.45, 7) is 2.00. The van der Waals surface area contributed by atoms with Gasteiger partial charge in [-0.15, -0.1) is 10.2 Å². The van der Waals surface area contributed by atoms with Crippen molar-refractivity contribution in [2.24, 2.45) is 11.8 Å². The second-order valence-corrected chi connectivity index (χ2v) is 7.45. The summed E-state index contributed by atoms with van der Waals surface area (Å²) < 4.78 is 0. The molecule has 4 rings (SSSR count). The summed E-state index contributed by atoms with van der Waals surface area (Å²) in [7, 11) is 0. The number of hydrogen-bond acceptors (Lipinski definition) is 4. The molecule has 1 amide bonds. The zero-order chi connectivity index (χ0) is 15.2. The first-order valence-corrected chi connectivity index (χ1v) is 8.71. The molecule has 2 fully saturated rings. The van der Waals surface area contributed by atoms with Crippen molar-refractivity contribution in [1.82, 2.24) is 10.2 Å². The lowest BCUT2D eigenvalue weighted by molar-refractivity contribution is -0.119. The lowest BCUT2D eigenvalue weighted by atomic mass is 9.97. The highest BCUT2D eigenvalue weighted by molar-refractivity contribution is 7.15. The maximum absolute atomic E-state index is 12.2. The minimum Gasteiger partial charge on any atom is -0.300 e. The van der Waals surface area contributed by atoms with E-state index in [9.17, 15) is 4.79 Å². The zero-order valence-corrected chi connectivity index (χ0v) is 13.4. The molecule has 1 heterocycles. The first kappa shape index (κ1) is 13.9. The largest absolute Gasteiger partial charge is 0.300 e. The monoisotopic (exact) mass is 313 g/mol. The molecule has 0 aliphatic heterocycles. The highest BCUT2D eigenvalue weighted by Crippen LogP contribution is 2.54. The summed E-state index contributed by atoms with van der Waals surface area (Å²) in [4.78, 5) is 12.2. The number of nitrogens with one attached hydrogen (secondary N) is 1. The Morgan fingerprint density at radius 1 is 1.27 bits per heavy atom. The van der Waals surface area contributed by atoms with Crippen LogP contribution in [0.3, 0.4) is 0 Å². The van der Waals surface area contributed by atoms with E-state index < -0.39 is 0 Å². The molecular formula is C17H19N3OS. The molecule has 0 saturated heterocycles. The van der Waals surface area contributed by atoms with Gasteiger partial charge in [0.1, 0.15) is 5.01 Å². The van der Waals surface area contributed by atoms with E-state index in [-0.39, 0.29) is 17.2 Å². The average molecular weight is 313 g/mol. The maximum Gasteiger partial charge on any atom is 0.229 e. The molecule has 1 N–H and O–H groups in total. The maximum atomic E-state index is 12.2. The topological polar surface area (TPSA) is 54.9 Å². The highest BCUT2D eigenvalue weighted by atomic mass is 32.1. The molecule has 0 radical (unpaired) electrons. The summed E-state index contributed by atoms with van der Waals surface area (Å²) in [5.74, 6) is 0.720. The SMILES string of the molecule is CC(C(=O)Nc1nnc(C2(c3ccccc3)CC2)s1)C1CC1. The van der Waals surface area contributed by atoms with E-state index >= 15 is 0 Å². The smallest absolute Gasteiger partial charge is 0.229 e. The molecule has 2 aliphatic carbocycles. The molecule has 4 nitrogen and oxygen atoms in total. The van der Waals surface area contributed by atoms with E-state index in [1.54, 1.807) is 0 Å². The van der Waals surface area contributed by atoms with Crippen LogP contribution in [0.2, 0.25) is 0 Å². The number of nitrogens with zero attached hydrogens (tertiary/aromatic N) is 2. The molecule has 0 bridgehead atoms. The number of aromatic nitrogens is 2. The molecule has 2 saturated carbocycles. The summed E-state index contributed by atoms with van der Waals surface area (Å²) in [5, 5.41) is 13.1. The lowest BCUT2D eigenvalue weighted by Crippen LogP contribution is -2.21. The molecule has 114 valence electrons. The third-order valence-corrected chi connectivity index (χ3v) is 5.93. The molecular weight excluding hydrogens is 294 g/mol. The van der Waals surface area contributed by atoms with Gasteiger partial charge in [-0.05, 0) is 37.2 Å². The van der Waals surface area contributed by atoms with Crippen LogP contribution in [-0.2, 0) is 10.2 Å². The Morgan fingerprint density at radius 3 is 2.64 bits per heavy atom. The van der Waals surface area contributed by atoms with Gasteiger partial charge in [0.2, 0.25) is 11.0 Å². The minimum atomic E-state index is 0.0318. The zero-order valence-electron chi connectivity index (χ0n) is 12.6. The van der Waals surface area contributed by atoms with Gasteiger partial charge < -0.3 is 5.32 Å². The summed E-state index contributed by atoms with van der Waals surface area (Å²) in [6, 6.07) is 10.5. The molecule has 0 spiro atoms. The number of benzene rings is 1. The fourth-order valence-electron chi connectivity index (χ4n) is 3.00. The van der Waals surface area contributed by atoms with Crippen molar-refractivity contribution in [3.63, 3.8) is 0 Å². The van der Waals surface area contributed by atoms with Gasteiger partial charge in [-0.3, -0.25) is 4.79 Å². The van der Waals surface area contributed by atoms with Crippen molar-refractivity contribution >= 4 is 22.4 Å². The van der Waals surface area contributed by atoms with E-state index in [0.717, 1.165) is 17.8 Å². The van der Waals surface area contributed by atoms with Gasteiger partial charge >= 0.3 is 0 Å². The summed E-state index contributed by atoms with van der Waals surface area (Å²) in [6.07, 6.45) is 4.57. The van der Waals surface area contributed by atoms with Crippen molar-refractivity contribution in [3.8, 4) is 0 Å². The Labute approximate surface area is 134 Å². The van der Waals surface area contributed by atoms with E-state index in [2.05, 4.69) is 39.8 Å². The van der Waals surface area contributed by atoms with Gasteiger partial charge in [0.15, 0.2) is 0 Å². The Hall–Kier alpha value is -1.75. The molecule has 1 aromatic heterocycles. The third-order valence-electron chi connectivity index (χ3n) is 4.88. The van der Waals surface area contributed by atoms with Crippen LogP contribution >= 0.6 is 11.3 Å². The van der Waals surface area contributed by atoms with Crippen LogP contribution in [-0.4, -0.2) is 16.1 Å². The molecule has 1 aromatic carbocycles. The van der Waals surface area contributed by atoms with Crippen LogP contribution in [0.1, 0.15) is 43.2 Å². The number of carbonyl (C=O) groups excluding carboxylic acids is 1. The molecule has 5 heteroatoms. The van der Waals surface area contributed by atoms with Crippen molar-refractivity contribution in [2.75, 3.05) is 5.32 Å². The van der Waals surface area contributed by atoms with Crippen LogP contribution in [0.25, 0.3) is 0 Å². The minimum absolute atomic E-state index is 0.0318. The van der Waals surface area contributed by atoms with E-state index in [1.807, 2.05) is 13.0 Å². The van der Waals surface area contributed by atoms with Crippen molar-refractivity contribution < 1.29 is 4.79 Å². The van der Waals surface area contributed by atoms with Crippen molar-refractivity contribution in [1.29, 1.82) is 0 Å². The molecule has 2 aromatic rings. The number of amides is 1. The Morgan fingerprint density at radius 2 is 2.00 bits per heavy atom. The normalized spacial score (nSPS) is 20.4. The highest BCUT2D eigenvalue weighted by Gasteiger charge is 2.49. The second-order valence-electron chi connectivity index (χ2n) is 6.48. The number of carbonyl (C=O) groups is 1. The van der Waals surface area contributed by atoms with Crippen LogP contribution < -0.4 is 5.32 Å². The molecule has 2 aliphatic rings. The van der Waals surface area contributed by atoms with Crippen molar-refractivity contribution in [3.05, 3.63) is 40.9 Å². The van der Waals surface area contributed by atoms with Gasteiger partial charge in [-0.2, -0.15) is 0 Å². The standard InChI is InChI=1S/C17H19N3OS/c1-11(12-7-8-12)14(21)18-16-20-19-15(22-16)17(9-10-17)13-5-3-2-4-6-13/h2-6,11-12H,7-10H2,1H3,(H,18,20,21). The van der Waals surface area contributed by atoms with Gasteiger partial charge in [0.05, 0.1) is 0 Å². The average Bonchev–Trinajstić information content (AvgIpc) is 3.47. The van der Waals surface area contributed by atoms with Crippen LogP contribution in [0, 0.1) is 11.8 Å². The number of hydrogen-bond donors (Lipinski definition) is 1. The van der Waals surface area contributed by atoms with Gasteiger partial charge in [0, 0.05) is 11.3 Å². The number of rotatable bonds is 5. The molecule has 1 atom stereocenters. The van der Waals surface area contributed by atoms with Gasteiger partial charge in [-0.1, -0.05) is 48.6 Å². The summed E-state index contributed by atoms with van der Waals surface area (Å²) in [5.41, 5.74) is 1.33. The van der Waals surface area contributed by atoms with E-state index in [4.69, 9.17) is 0 Å². The van der Waals surface area contributed by atoms with Gasteiger partial charge in [0.25, 0.3) is 0 Å². The Kier molecular flexibility index (Phi) is 3.26. The fourth-order valence-corrected chi connectivity index (χ4v) is 4.02. The fraction of sp³-hybridized carbons (Fsp3) is 0.471. The van der Waals surface area contributed by atoms with E-state index in [0.29, 0.717) is 11.0 Å².